The fraction of sp³-hybridized carbons (Fsp3) is 0.140. The third-order valence-corrected chi connectivity index (χ3v) is 12.7. The lowest BCUT2D eigenvalue weighted by Gasteiger charge is -2.32. The van der Waals surface area contributed by atoms with E-state index in [0.717, 1.165) is 39.1 Å². The Morgan fingerprint density at radius 2 is 1.04 bits per heavy atom. The highest BCUT2D eigenvalue weighted by Crippen LogP contribution is 2.63. The van der Waals surface area contributed by atoms with Crippen LogP contribution >= 0.6 is 0 Å². The van der Waals surface area contributed by atoms with Crippen LogP contribution in [0, 0.1) is 0 Å². The number of fused-ring (bicyclic) bond motifs is 11. The predicted molar refractivity (Wildman–Crippen MR) is 224 cm³/mol. The minimum atomic E-state index is -0.508. The molecular weight excluding hydrogens is 671 g/mol. The maximum Gasteiger partial charge on any atom is 0.494 e. The summed E-state index contributed by atoms with van der Waals surface area (Å²) in [5.74, 6) is 0.930. The Labute approximate surface area is 322 Å². The number of rotatable bonds is 4. The van der Waals surface area contributed by atoms with E-state index in [2.05, 4.69) is 196 Å². The minimum absolute atomic E-state index is 0.432. The molecule has 0 saturated carbocycles. The fourth-order valence-corrected chi connectivity index (χ4v) is 9.35. The largest absolute Gasteiger partial charge is 0.494 e. The number of para-hydroxylation sites is 2. The van der Waals surface area contributed by atoms with E-state index < -0.39 is 23.7 Å². The number of hydrogen-bond acceptors (Lipinski definition) is 3. The second-order valence-electron chi connectivity index (χ2n) is 16.2. The Bertz CT molecular complexity index is 2790. The highest BCUT2D eigenvalue weighted by atomic mass is 16.7. The van der Waals surface area contributed by atoms with Crippen molar-refractivity contribution < 1.29 is 9.31 Å². The van der Waals surface area contributed by atoms with Crippen LogP contribution in [0.4, 0.5) is 0 Å². The van der Waals surface area contributed by atoms with Crippen molar-refractivity contribution in [2.75, 3.05) is 0 Å². The summed E-state index contributed by atoms with van der Waals surface area (Å²) in [5, 5.41) is 0. The van der Waals surface area contributed by atoms with Crippen molar-refractivity contribution in [1.82, 2.24) is 9.55 Å². The number of benzene rings is 7. The van der Waals surface area contributed by atoms with Gasteiger partial charge in [-0.15, -0.1) is 0 Å². The van der Waals surface area contributed by atoms with Gasteiger partial charge in [-0.1, -0.05) is 133 Å². The lowest BCUT2D eigenvalue weighted by molar-refractivity contribution is 0.00578. The summed E-state index contributed by atoms with van der Waals surface area (Å²) in [7, 11) is -0.457. The molecule has 0 unspecified atom stereocenters. The summed E-state index contributed by atoms with van der Waals surface area (Å²) in [6.45, 7) is 8.48. The zero-order valence-electron chi connectivity index (χ0n) is 31.4. The first-order valence-electron chi connectivity index (χ1n) is 19.2. The Kier molecular flexibility index (Phi) is 6.78. The average Bonchev–Trinajstić information content (AvgIpc) is 3.90. The van der Waals surface area contributed by atoms with Gasteiger partial charge in [0, 0.05) is 11.3 Å². The van der Waals surface area contributed by atoms with Crippen molar-refractivity contribution >= 4 is 23.6 Å². The van der Waals surface area contributed by atoms with Gasteiger partial charge in [0.2, 0.25) is 0 Å². The lowest BCUT2D eigenvalue weighted by Crippen LogP contribution is -2.41. The van der Waals surface area contributed by atoms with E-state index in [9.17, 15) is 0 Å². The van der Waals surface area contributed by atoms with E-state index in [-0.39, 0.29) is 0 Å². The van der Waals surface area contributed by atoms with Crippen LogP contribution in [0.5, 0.6) is 0 Å². The summed E-state index contributed by atoms with van der Waals surface area (Å²) in [6.07, 6.45) is 0. The lowest BCUT2D eigenvalue weighted by atomic mass is 9.68. The van der Waals surface area contributed by atoms with Gasteiger partial charge in [0.05, 0.1) is 27.7 Å². The van der Waals surface area contributed by atoms with Crippen molar-refractivity contribution in [3.8, 4) is 50.5 Å². The molecule has 264 valence electrons. The van der Waals surface area contributed by atoms with Crippen molar-refractivity contribution in [2.24, 2.45) is 0 Å². The van der Waals surface area contributed by atoms with E-state index in [1.54, 1.807) is 0 Å². The summed E-state index contributed by atoms with van der Waals surface area (Å²) in [5.41, 5.74) is 16.5. The number of nitrogens with zero attached hydrogens (tertiary/aromatic N) is 2. The Hall–Kier alpha value is -6.01. The Morgan fingerprint density at radius 1 is 0.473 bits per heavy atom. The Morgan fingerprint density at radius 3 is 1.76 bits per heavy atom. The monoisotopic (exact) mass is 710 g/mol. The van der Waals surface area contributed by atoms with Gasteiger partial charge in [0.1, 0.15) is 5.82 Å². The molecule has 5 heteroatoms. The van der Waals surface area contributed by atoms with Crippen molar-refractivity contribution in [3.05, 3.63) is 186 Å². The average molecular weight is 711 g/mol. The number of aromatic nitrogens is 2. The number of hydrogen-bond donors (Lipinski definition) is 0. The van der Waals surface area contributed by atoms with Crippen molar-refractivity contribution in [2.45, 2.75) is 44.3 Å². The van der Waals surface area contributed by atoms with Crippen molar-refractivity contribution in [3.63, 3.8) is 0 Å². The molecule has 11 rings (SSSR count). The summed E-state index contributed by atoms with van der Waals surface area (Å²) >= 11 is 0. The predicted octanol–water partition coefficient (Wildman–Crippen LogP) is 11.0. The molecule has 3 aliphatic rings. The van der Waals surface area contributed by atoms with Crippen LogP contribution in [-0.2, 0) is 14.7 Å². The van der Waals surface area contributed by atoms with E-state index in [4.69, 9.17) is 14.3 Å². The van der Waals surface area contributed by atoms with E-state index in [1.807, 2.05) is 0 Å². The number of imidazole rings is 1. The molecule has 2 aliphatic carbocycles. The second kappa shape index (κ2) is 11.5. The van der Waals surface area contributed by atoms with Crippen LogP contribution in [-0.4, -0.2) is 27.9 Å². The normalized spacial score (nSPS) is 16.6. The molecule has 1 aromatic heterocycles. The smallest absolute Gasteiger partial charge is 0.399 e. The summed E-state index contributed by atoms with van der Waals surface area (Å²) < 4.78 is 15.6. The molecule has 1 aliphatic heterocycles. The molecule has 0 radical (unpaired) electrons. The first-order chi connectivity index (χ1) is 26.7. The molecular formula is C50H39BN2O2. The first-order valence-corrected chi connectivity index (χ1v) is 19.2. The third-order valence-electron chi connectivity index (χ3n) is 12.7. The van der Waals surface area contributed by atoms with Gasteiger partial charge in [0.25, 0.3) is 0 Å². The highest BCUT2D eigenvalue weighted by molar-refractivity contribution is 6.62. The first kappa shape index (κ1) is 32.4. The van der Waals surface area contributed by atoms with Gasteiger partial charge in [-0.25, -0.2) is 4.98 Å². The van der Waals surface area contributed by atoms with E-state index in [0.29, 0.717) is 0 Å². The maximum atomic E-state index is 6.63. The van der Waals surface area contributed by atoms with Gasteiger partial charge < -0.3 is 9.31 Å². The Balaban J connectivity index is 1.11. The quantitative estimate of drug-likeness (QED) is 0.171. The molecule has 7 aromatic carbocycles. The van der Waals surface area contributed by atoms with Crippen molar-refractivity contribution in [1.29, 1.82) is 0 Å². The van der Waals surface area contributed by atoms with Gasteiger partial charge in [-0.2, -0.15) is 0 Å². The van der Waals surface area contributed by atoms with E-state index >= 15 is 0 Å². The molecule has 2 heterocycles. The van der Waals surface area contributed by atoms with Crippen LogP contribution < -0.4 is 5.46 Å². The maximum absolute atomic E-state index is 6.63. The van der Waals surface area contributed by atoms with Gasteiger partial charge in [-0.05, 0) is 119 Å². The minimum Gasteiger partial charge on any atom is -0.399 e. The molecule has 0 N–H and O–H groups in total. The van der Waals surface area contributed by atoms with Crippen LogP contribution in [0.2, 0.25) is 0 Å². The molecule has 4 nitrogen and oxygen atoms in total. The van der Waals surface area contributed by atoms with Crippen LogP contribution in [0.3, 0.4) is 0 Å². The van der Waals surface area contributed by atoms with Gasteiger partial charge in [0.15, 0.2) is 0 Å². The third kappa shape index (κ3) is 4.51. The van der Waals surface area contributed by atoms with Crippen LogP contribution in [0.15, 0.2) is 164 Å². The molecule has 1 saturated heterocycles. The second-order valence-corrected chi connectivity index (χ2v) is 16.2. The molecule has 0 amide bonds. The summed E-state index contributed by atoms with van der Waals surface area (Å²) in [4.78, 5) is 5.12. The fourth-order valence-electron chi connectivity index (χ4n) is 9.35. The van der Waals surface area contributed by atoms with Gasteiger partial charge >= 0.3 is 7.12 Å². The zero-order valence-corrected chi connectivity index (χ0v) is 31.4. The van der Waals surface area contributed by atoms with Crippen LogP contribution in [0.1, 0.15) is 49.9 Å². The van der Waals surface area contributed by atoms with Crippen LogP contribution in [0.25, 0.3) is 61.5 Å². The highest BCUT2D eigenvalue weighted by Gasteiger charge is 2.54. The molecule has 1 fully saturated rings. The SMILES string of the molecule is CC1(C)OB(c2ccc3c(c2)C2(c4ccccc4-c4ccccc42)c2cc(-c4cccc(-n5c(-c6ccccc6)nc6ccccc65)c4)ccc2-3)OC1(C)C. The molecule has 0 bridgehead atoms. The summed E-state index contributed by atoms with van der Waals surface area (Å²) in [6, 6.07) is 59.6. The topological polar surface area (TPSA) is 36.3 Å². The van der Waals surface area contributed by atoms with Gasteiger partial charge in [-0.3, -0.25) is 4.57 Å². The standard InChI is InChI=1S/C50H39BN2O2/c1-48(2)49(3,4)55-51(54-48)35-26-28-40-39-27-25-34(30-43(39)50(44(40)31-35)41-21-10-8-19-37(41)38-20-9-11-22-42(38)50)33-17-14-18-36(29-33)53-46-24-13-12-23-45(46)52-47(53)32-15-6-5-7-16-32/h5-31H,1-4H3. The molecule has 1 spiro atoms. The molecule has 0 atom stereocenters. The molecule has 55 heavy (non-hydrogen) atoms. The van der Waals surface area contributed by atoms with E-state index in [1.165, 1.54) is 50.1 Å². The molecule has 8 aromatic rings. The zero-order chi connectivity index (χ0) is 37.1.